The molecule has 0 unspecified atom stereocenters. The molecule has 4 nitrogen and oxygen atoms in total. The lowest BCUT2D eigenvalue weighted by molar-refractivity contribution is -0.171. The largest absolute Gasteiger partial charge is 0.357 e. The molecule has 0 aliphatic heterocycles. The van der Waals surface area contributed by atoms with E-state index in [1.165, 1.54) is 0 Å². The molecule has 0 aromatic heterocycles. The van der Waals surface area contributed by atoms with Gasteiger partial charge in [0.05, 0.1) is 0 Å². The van der Waals surface area contributed by atoms with Crippen LogP contribution in [0, 0.1) is 5.92 Å². The summed E-state index contributed by atoms with van der Waals surface area (Å²) in [6.07, 6.45) is 0.915. The van der Waals surface area contributed by atoms with Crippen molar-refractivity contribution in [2.45, 2.75) is 38.6 Å². The van der Waals surface area contributed by atoms with Crippen LogP contribution in [-0.2, 0) is 14.3 Å². The van der Waals surface area contributed by atoms with E-state index in [1.54, 1.807) is 21.1 Å². The van der Waals surface area contributed by atoms with Crippen LogP contribution in [-0.4, -0.2) is 41.6 Å². The fourth-order valence-electron chi connectivity index (χ4n) is 1.61. The van der Waals surface area contributed by atoms with Gasteiger partial charge in [-0.05, 0) is 13.3 Å². The molecule has 5 heteroatoms. The van der Waals surface area contributed by atoms with Crippen molar-refractivity contribution >= 4 is 15.4 Å². The predicted molar refractivity (Wildman–Crippen MR) is 74.6 cm³/mol. The molecule has 1 amide bonds. The summed E-state index contributed by atoms with van der Waals surface area (Å²) in [6.45, 7) is 10.1. The second kappa shape index (κ2) is 8.45. The quantitative estimate of drug-likeness (QED) is 0.301. The molecule has 1 N–H and O–H groups in total. The van der Waals surface area contributed by atoms with E-state index in [9.17, 15) is 4.79 Å². The van der Waals surface area contributed by atoms with E-state index in [4.69, 9.17) is 9.47 Å². The van der Waals surface area contributed by atoms with Crippen molar-refractivity contribution < 1.29 is 14.3 Å². The average Bonchev–Trinajstić information content (AvgIpc) is 2.33. The zero-order chi connectivity index (χ0) is 14.2. The first kappa shape index (κ1) is 17.3. The third-order valence-corrected chi connectivity index (χ3v) is 4.85. The minimum Gasteiger partial charge on any atom is -0.357 e. The van der Waals surface area contributed by atoms with Crippen LogP contribution < -0.4 is 5.32 Å². The number of carbonyl (C=O) groups excluding carboxylic acids is 1. The number of hydrogen-bond donors (Lipinski definition) is 1. The Morgan fingerprint density at radius 3 is 2.33 bits per heavy atom. The van der Waals surface area contributed by atoms with Gasteiger partial charge in [-0.15, -0.1) is 0 Å². The van der Waals surface area contributed by atoms with Crippen LogP contribution in [0.15, 0.2) is 12.2 Å². The van der Waals surface area contributed by atoms with Crippen LogP contribution in [0.4, 0.5) is 0 Å². The number of rotatable bonds is 9. The number of ether oxygens (including phenoxy) is 2. The molecule has 0 aromatic carbocycles. The maximum absolute atomic E-state index is 11.3. The fourth-order valence-corrected chi connectivity index (χ4v) is 3.01. The highest BCUT2D eigenvalue weighted by Crippen LogP contribution is 2.22. The molecule has 2 radical (unpaired) electrons. The van der Waals surface area contributed by atoms with Gasteiger partial charge in [-0.25, -0.2) is 0 Å². The molecule has 0 heterocycles. The highest BCUT2D eigenvalue weighted by molar-refractivity contribution is 6.39. The first-order valence-corrected chi connectivity index (χ1v) is 7.39. The summed E-state index contributed by atoms with van der Waals surface area (Å²) in [7, 11) is 3.91. The van der Waals surface area contributed by atoms with Crippen molar-refractivity contribution in [2.24, 2.45) is 5.92 Å². The van der Waals surface area contributed by atoms with Gasteiger partial charge in [0.15, 0.2) is 0 Å². The smallest absolute Gasteiger partial charge is 0.246 e. The van der Waals surface area contributed by atoms with Crippen LogP contribution in [0.1, 0.15) is 27.2 Å². The first-order valence-electron chi connectivity index (χ1n) is 6.18. The van der Waals surface area contributed by atoms with Crippen LogP contribution >= 0.6 is 0 Å². The molecule has 0 rings (SSSR count). The predicted octanol–water partition coefficient (Wildman–Crippen LogP) is 1.79. The lowest BCUT2D eigenvalue weighted by Gasteiger charge is -2.34. The van der Waals surface area contributed by atoms with Crippen molar-refractivity contribution in [2.75, 3.05) is 20.8 Å². The molecule has 18 heavy (non-hydrogen) atoms. The Bertz CT molecular complexity index is 275. The van der Waals surface area contributed by atoms with E-state index in [0.29, 0.717) is 27.6 Å². The Kier molecular flexibility index (Phi) is 8.14. The Hall–Kier alpha value is -0.653. The van der Waals surface area contributed by atoms with Gasteiger partial charge in [-0.2, -0.15) is 0 Å². The molecule has 0 bridgehead atoms. The fraction of sp³-hybridized carbons (Fsp3) is 0.769. The Labute approximate surface area is 113 Å². The van der Waals surface area contributed by atoms with E-state index in [2.05, 4.69) is 25.7 Å². The normalized spacial score (nSPS) is 11.7. The molecule has 0 aliphatic rings. The summed E-state index contributed by atoms with van der Waals surface area (Å²) < 4.78 is 11.0. The standard InChI is InChI=1S/C13H25NO3Si/c1-10(2)12(15)14-8-7-9-18-13(16-5,17-6)11(3)4/h11H,1,7-9H2,2-6H3,(H,14,15). The van der Waals surface area contributed by atoms with Gasteiger partial charge in [0.25, 0.3) is 0 Å². The second-order valence-electron chi connectivity index (χ2n) is 4.55. The van der Waals surface area contributed by atoms with E-state index in [-0.39, 0.29) is 5.91 Å². The summed E-state index contributed by atoms with van der Waals surface area (Å²) in [4.78, 5) is 11.3. The minimum atomic E-state index is -0.488. The highest BCUT2D eigenvalue weighted by Gasteiger charge is 2.33. The van der Waals surface area contributed by atoms with Gasteiger partial charge in [-0.3, -0.25) is 4.79 Å². The molecule has 0 aliphatic carbocycles. The summed E-state index contributed by atoms with van der Waals surface area (Å²) in [5.74, 6) is 0.225. The molecule has 0 fully saturated rings. The number of carbonyl (C=O) groups is 1. The monoisotopic (exact) mass is 271 g/mol. The molecule has 0 atom stereocenters. The van der Waals surface area contributed by atoms with Gasteiger partial charge in [0, 0.05) is 32.3 Å². The third-order valence-electron chi connectivity index (χ3n) is 2.76. The third kappa shape index (κ3) is 5.33. The van der Waals surface area contributed by atoms with Crippen molar-refractivity contribution in [3.63, 3.8) is 0 Å². The zero-order valence-electron chi connectivity index (χ0n) is 12.1. The maximum Gasteiger partial charge on any atom is 0.246 e. The molecule has 104 valence electrons. The lowest BCUT2D eigenvalue weighted by atomic mass is 10.2. The summed E-state index contributed by atoms with van der Waals surface area (Å²) in [5.41, 5.74) is 0.0565. The van der Waals surface area contributed by atoms with Crippen molar-refractivity contribution in [3.05, 3.63) is 12.2 Å². The van der Waals surface area contributed by atoms with E-state index < -0.39 is 5.41 Å². The van der Waals surface area contributed by atoms with Gasteiger partial charge >= 0.3 is 0 Å². The molecular weight excluding hydrogens is 246 g/mol. The van der Waals surface area contributed by atoms with E-state index in [1.807, 2.05) is 0 Å². The van der Waals surface area contributed by atoms with Crippen LogP contribution in [0.5, 0.6) is 0 Å². The summed E-state index contributed by atoms with van der Waals surface area (Å²) in [6, 6.07) is 0.969. The number of nitrogens with one attached hydrogen (secondary N) is 1. The maximum atomic E-state index is 11.3. The van der Waals surface area contributed by atoms with Gasteiger partial charge in [0.2, 0.25) is 5.91 Å². The van der Waals surface area contributed by atoms with Crippen LogP contribution in [0.2, 0.25) is 6.04 Å². The Morgan fingerprint density at radius 2 is 1.94 bits per heavy atom. The topological polar surface area (TPSA) is 47.6 Å². The summed E-state index contributed by atoms with van der Waals surface area (Å²) >= 11 is 0. The first-order chi connectivity index (χ1) is 8.39. The minimum absolute atomic E-state index is 0.0769. The SMILES string of the molecule is C=C(C)C(=O)NCCC[Si]C(OC)(OC)C(C)C. The molecular formula is C13H25NO3Si. The lowest BCUT2D eigenvalue weighted by Crippen LogP contribution is -2.45. The van der Waals surface area contributed by atoms with Crippen molar-refractivity contribution in [1.82, 2.24) is 5.32 Å². The Morgan fingerprint density at radius 1 is 1.39 bits per heavy atom. The zero-order valence-corrected chi connectivity index (χ0v) is 13.1. The molecule has 0 saturated heterocycles. The van der Waals surface area contributed by atoms with Crippen LogP contribution in [0.25, 0.3) is 0 Å². The summed E-state index contributed by atoms with van der Waals surface area (Å²) in [5, 5.41) is 2.82. The molecule has 0 aromatic rings. The molecule has 0 spiro atoms. The molecule has 0 saturated carbocycles. The highest BCUT2D eigenvalue weighted by atomic mass is 28.2. The number of amides is 1. The van der Waals surface area contributed by atoms with Gasteiger partial charge in [0.1, 0.15) is 14.9 Å². The van der Waals surface area contributed by atoms with Gasteiger partial charge in [-0.1, -0.05) is 26.5 Å². The van der Waals surface area contributed by atoms with E-state index >= 15 is 0 Å². The van der Waals surface area contributed by atoms with E-state index in [0.717, 1.165) is 12.5 Å². The average molecular weight is 271 g/mol. The van der Waals surface area contributed by atoms with Gasteiger partial charge < -0.3 is 14.8 Å². The van der Waals surface area contributed by atoms with Crippen molar-refractivity contribution in [3.8, 4) is 0 Å². The number of methoxy groups -OCH3 is 2. The second-order valence-corrected chi connectivity index (χ2v) is 6.10. The van der Waals surface area contributed by atoms with Crippen LogP contribution in [0.3, 0.4) is 0 Å². The van der Waals surface area contributed by atoms with Crippen molar-refractivity contribution in [1.29, 1.82) is 0 Å². The Balaban J connectivity index is 3.95. The number of hydrogen-bond acceptors (Lipinski definition) is 3.